The predicted molar refractivity (Wildman–Crippen MR) is 129 cm³/mol. The van der Waals surface area contributed by atoms with Gasteiger partial charge in [0, 0.05) is 26.2 Å². The maximum absolute atomic E-state index is 12.4. The summed E-state index contributed by atoms with van der Waals surface area (Å²) < 4.78 is 16.1. The first kappa shape index (κ1) is 26.2. The zero-order valence-corrected chi connectivity index (χ0v) is 20.2. The molecular weight excluding hydrogens is 452 g/mol. The Morgan fingerprint density at radius 2 is 1.63 bits per heavy atom. The van der Waals surface area contributed by atoms with E-state index in [-0.39, 0.29) is 25.5 Å². The number of nitrogens with one attached hydrogen (secondary N) is 2. The number of carboxylic acids is 1. The van der Waals surface area contributed by atoms with Crippen LogP contribution >= 0.6 is 0 Å². The van der Waals surface area contributed by atoms with Gasteiger partial charge in [-0.3, -0.25) is 4.79 Å². The van der Waals surface area contributed by atoms with Gasteiger partial charge < -0.3 is 30.0 Å². The van der Waals surface area contributed by atoms with Crippen LogP contribution in [0.1, 0.15) is 37.3 Å². The number of alkyl carbamates (subject to hydrolysis) is 1. The third kappa shape index (κ3) is 6.58. The average molecular weight is 485 g/mol. The maximum atomic E-state index is 12.4. The number of carbonyl (C=O) groups is 3. The third-order valence-electron chi connectivity index (χ3n) is 6.06. The van der Waals surface area contributed by atoms with Gasteiger partial charge >= 0.3 is 12.1 Å². The van der Waals surface area contributed by atoms with Crippen molar-refractivity contribution in [2.75, 3.05) is 26.9 Å². The van der Waals surface area contributed by atoms with E-state index in [2.05, 4.69) is 22.8 Å². The minimum atomic E-state index is -1.20. The van der Waals surface area contributed by atoms with E-state index < -0.39 is 36.2 Å². The molecule has 3 N–H and O–H groups in total. The highest BCUT2D eigenvalue weighted by Gasteiger charge is 2.30. The fraction of sp³-hybridized carbons (Fsp3) is 0.423. The summed E-state index contributed by atoms with van der Waals surface area (Å²) in [4.78, 5) is 36.2. The lowest BCUT2D eigenvalue weighted by Crippen LogP contribution is -2.49. The van der Waals surface area contributed by atoms with Crippen molar-refractivity contribution in [1.82, 2.24) is 10.6 Å². The quantitative estimate of drug-likeness (QED) is 0.423. The summed E-state index contributed by atoms with van der Waals surface area (Å²) in [5, 5.41) is 14.4. The second-order valence-electron chi connectivity index (χ2n) is 8.31. The molecular formula is C26H32N2O7. The van der Waals surface area contributed by atoms with Crippen molar-refractivity contribution in [2.45, 2.75) is 44.4 Å². The fourth-order valence-corrected chi connectivity index (χ4v) is 4.23. The van der Waals surface area contributed by atoms with E-state index in [1.54, 1.807) is 13.8 Å². The third-order valence-corrected chi connectivity index (χ3v) is 6.06. The zero-order valence-electron chi connectivity index (χ0n) is 20.2. The van der Waals surface area contributed by atoms with E-state index in [0.717, 1.165) is 22.3 Å². The van der Waals surface area contributed by atoms with Crippen molar-refractivity contribution in [3.05, 3.63) is 59.7 Å². The molecule has 35 heavy (non-hydrogen) atoms. The lowest BCUT2D eigenvalue weighted by Gasteiger charge is -2.22. The molecule has 2 aromatic rings. The molecule has 3 rings (SSSR count). The monoisotopic (exact) mass is 484 g/mol. The zero-order chi connectivity index (χ0) is 25.4. The molecule has 0 fully saturated rings. The number of ether oxygens (including phenoxy) is 3. The number of hydrogen-bond donors (Lipinski definition) is 3. The Morgan fingerprint density at radius 1 is 1.03 bits per heavy atom. The summed E-state index contributed by atoms with van der Waals surface area (Å²) in [6, 6.07) is 14.9. The summed E-state index contributed by atoms with van der Waals surface area (Å²) in [6.07, 6.45) is -2.10. The van der Waals surface area contributed by atoms with E-state index in [4.69, 9.17) is 14.2 Å². The molecule has 0 saturated carbocycles. The molecule has 2 amide bonds. The van der Waals surface area contributed by atoms with Crippen LogP contribution in [-0.2, 0) is 23.8 Å². The number of rotatable bonds is 12. The van der Waals surface area contributed by atoms with E-state index >= 15 is 0 Å². The fourth-order valence-electron chi connectivity index (χ4n) is 4.23. The number of carbonyl (C=O) groups excluding carboxylic acids is 2. The van der Waals surface area contributed by atoms with Gasteiger partial charge in [-0.1, -0.05) is 48.5 Å². The molecule has 0 heterocycles. The SMILES string of the molecule is CCOC(CNC(=O)OCC1c2ccccc2-c2ccccc21)CC(=O)N[C@H](C(=O)O)[C@@H](C)OC. The second-order valence-corrected chi connectivity index (χ2v) is 8.31. The highest BCUT2D eigenvalue weighted by atomic mass is 16.5. The minimum absolute atomic E-state index is 0.0372. The van der Waals surface area contributed by atoms with E-state index in [1.165, 1.54) is 7.11 Å². The summed E-state index contributed by atoms with van der Waals surface area (Å²) in [6.45, 7) is 3.86. The van der Waals surface area contributed by atoms with Crippen molar-refractivity contribution in [3.63, 3.8) is 0 Å². The Morgan fingerprint density at radius 3 is 2.17 bits per heavy atom. The second kappa shape index (κ2) is 12.3. The summed E-state index contributed by atoms with van der Waals surface area (Å²) >= 11 is 0. The Hall–Kier alpha value is -3.43. The molecule has 0 bridgehead atoms. The molecule has 0 aromatic heterocycles. The maximum Gasteiger partial charge on any atom is 0.407 e. The van der Waals surface area contributed by atoms with Crippen molar-refractivity contribution in [3.8, 4) is 11.1 Å². The normalized spacial score (nSPS) is 14.8. The van der Waals surface area contributed by atoms with Crippen LogP contribution in [0.15, 0.2) is 48.5 Å². The first-order valence-electron chi connectivity index (χ1n) is 11.6. The van der Waals surface area contributed by atoms with Crippen LogP contribution in [0.5, 0.6) is 0 Å². The van der Waals surface area contributed by atoms with Crippen LogP contribution in [0.2, 0.25) is 0 Å². The van der Waals surface area contributed by atoms with E-state index in [9.17, 15) is 19.5 Å². The molecule has 0 saturated heterocycles. The molecule has 1 unspecified atom stereocenters. The number of carboxylic acid groups (broad SMARTS) is 1. The Kier molecular flexibility index (Phi) is 9.22. The number of methoxy groups -OCH3 is 1. The minimum Gasteiger partial charge on any atom is -0.480 e. The van der Waals surface area contributed by atoms with Gasteiger partial charge in [-0.05, 0) is 36.1 Å². The van der Waals surface area contributed by atoms with Gasteiger partial charge in [-0.2, -0.15) is 0 Å². The smallest absolute Gasteiger partial charge is 0.407 e. The van der Waals surface area contributed by atoms with Gasteiger partial charge in [0.2, 0.25) is 5.91 Å². The molecule has 1 aliphatic rings. The largest absolute Gasteiger partial charge is 0.480 e. The van der Waals surface area contributed by atoms with Crippen LogP contribution in [0.3, 0.4) is 0 Å². The molecule has 1 aliphatic carbocycles. The highest BCUT2D eigenvalue weighted by molar-refractivity contribution is 5.84. The first-order valence-corrected chi connectivity index (χ1v) is 11.6. The molecule has 2 aromatic carbocycles. The summed E-state index contributed by atoms with van der Waals surface area (Å²) in [5.74, 6) is -1.77. The Bertz CT molecular complexity index is 996. The standard InChI is InChI=1S/C26H32N2O7/c1-4-34-17(13-23(29)28-24(25(30)31)16(2)33-3)14-27-26(32)35-15-22-20-11-7-5-9-18(20)19-10-6-8-12-21(19)22/h5-12,16-17,22,24H,4,13-15H2,1-3H3,(H,27,32)(H,28,29)(H,30,31)/t16-,17?,24+/m1/s1. The van der Waals surface area contributed by atoms with Crippen molar-refractivity contribution >= 4 is 18.0 Å². The summed E-state index contributed by atoms with van der Waals surface area (Å²) in [7, 11) is 1.37. The lowest BCUT2D eigenvalue weighted by molar-refractivity contribution is -0.146. The Labute approximate surface area is 204 Å². The molecule has 0 spiro atoms. The van der Waals surface area contributed by atoms with Crippen LogP contribution in [0.25, 0.3) is 11.1 Å². The van der Waals surface area contributed by atoms with E-state index in [1.807, 2.05) is 36.4 Å². The number of benzene rings is 2. The van der Waals surface area contributed by atoms with Crippen molar-refractivity contribution < 1.29 is 33.7 Å². The molecule has 0 radical (unpaired) electrons. The highest BCUT2D eigenvalue weighted by Crippen LogP contribution is 2.44. The van der Waals surface area contributed by atoms with Crippen LogP contribution in [0.4, 0.5) is 4.79 Å². The number of fused-ring (bicyclic) bond motifs is 3. The van der Waals surface area contributed by atoms with Gasteiger partial charge in [-0.25, -0.2) is 9.59 Å². The topological polar surface area (TPSA) is 123 Å². The Balaban J connectivity index is 1.53. The van der Waals surface area contributed by atoms with Crippen molar-refractivity contribution in [1.29, 1.82) is 0 Å². The predicted octanol–water partition coefficient (Wildman–Crippen LogP) is 2.92. The first-order chi connectivity index (χ1) is 16.8. The van der Waals surface area contributed by atoms with Crippen molar-refractivity contribution in [2.24, 2.45) is 0 Å². The molecule has 188 valence electrons. The number of aliphatic carboxylic acids is 1. The number of amides is 2. The van der Waals surface area contributed by atoms with Gasteiger partial charge in [-0.15, -0.1) is 0 Å². The van der Waals surface area contributed by atoms with Crippen LogP contribution in [0, 0.1) is 0 Å². The van der Waals surface area contributed by atoms with Gasteiger partial charge in [0.05, 0.1) is 18.6 Å². The van der Waals surface area contributed by atoms with E-state index in [0.29, 0.717) is 6.61 Å². The van der Waals surface area contributed by atoms with Crippen LogP contribution < -0.4 is 10.6 Å². The summed E-state index contributed by atoms with van der Waals surface area (Å²) in [5.41, 5.74) is 4.51. The number of hydrogen-bond acceptors (Lipinski definition) is 6. The molecule has 9 nitrogen and oxygen atoms in total. The van der Waals surface area contributed by atoms with Gasteiger partial charge in [0.25, 0.3) is 0 Å². The average Bonchev–Trinajstić information content (AvgIpc) is 3.17. The van der Waals surface area contributed by atoms with Gasteiger partial charge in [0.15, 0.2) is 6.04 Å². The molecule has 9 heteroatoms. The van der Waals surface area contributed by atoms with Gasteiger partial charge in [0.1, 0.15) is 6.61 Å². The lowest BCUT2D eigenvalue weighted by atomic mass is 9.98. The molecule has 3 atom stereocenters. The molecule has 0 aliphatic heterocycles. The van der Waals surface area contributed by atoms with Crippen LogP contribution in [-0.4, -0.2) is 68.2 Å².